The van der Waals surface area contributed by atoms with E-state index in [0.29, 0.717) is 7.35 Å². The van der Waals surface area contributed by atoms with Gasteiger partial charge in [-0.05, 0) is 0 Å². The number of allylic oxidation sites excluding steroid dienone is 2. The van der Waals surface area contributed by atoms with Crippen LogP contribution in [-0.4, -0.2) is 0 Å². The Hall–Kier alpha value is -2.61. The first-order valence-corrected chi connectivity index (χ1v) is 26.2. The molecule has 1 heterocycles. The van der Waals surface area contributed by atoms with Gasteiger partial charge >= 0.3 is 284 Å². The molecule has 2 unspecified atom stereocenters. The topological polar surface area (TPSA) is 0 Å². The van der Waals surface area contributed by atoms with Crippen LogP contribution in [0.3, 0.4) is 0 Å². The average Bonchev–Trinajstić information content (AvgIpc) is 3.59. The SMILES string of the molecule is CCCC1=Cc2c(-c3ccc(C(F)(F)F)cc3)cccc2[CH]1[Hf+2]1([CH]2C(CCC)=Cc3c(-c4ccc(C(F)(F)F)cc4)cccc32)[CH2]C[CH2]1.[Cl-].[Cl-]. The van der Waals surface area contributed by atoms with Crippen molar-refractivity contribution in [2.75, 3.05) is 0 Å². The molecule has 9 heteroatoms. The summed E-state index contributed by atoms with van der Waals surface area (Å²) in [6.45, 7) is 4.43. The first kappa shape index (κ1) is 38.6. The third-order valence-corrected chi connectivity index (χ3v) is 33.3. The van der Waals surface area contributed by atoms with Gasteiger partial charge in [-0.2, -0.15) is 0 Å². The van der Waals surface area contributed by atoms with Crippen LogP contribution in [0.1, 0.15) is 86.7 Å². The summed E-state index contributed by atoms with van der Waals surface area (Å²) in [5.41, 5.74) is 10.3. The van der Waals surface area contributed by atoms with Crippen molar-refractivity contribution in [3.63, 3.8) is 0 Å². The van der Waals surface area contributed by atoms with Crippen LogP contribution in [0.25, 0.3) is 34.4 Å². The van der Waals surface area contributed by atoms with Crippen molar-refractivity contribution in [2.24, 2.45) is 0 Å². The first-order valence-electron chi connectivity index (χ1n) is 17.0. The number of halogens is 8. The van der Waals surface area contributed by atoms with Gasteiger partial charge in [-0.15, -0.1) is 0 Å². The minimum absolute atomic E-state index is 0. The van der Waals surface area contributed by atoms with Gasteiger partial charge in [0.25, 0.3) is 0 Å². The van der Waals surface area contributed by atoms with Crippen LogP contribution in [0.15, 0.2) is 96.1 Å². The van der Waals surface area contributed by atoms with E-state index >= 15 is 0 Å². The molecule has 3 aliphatic rings. The Morgan fingerprint density at radius 2 is 0.940 bits per heavy atom. The van der Waals surface area contributed by atoms with Crippen LogP contribution in [-0.2, 0) is 32.3 Å². The van der Waals surface area contributed by atoms with Gasteiger partial charge in [-0.1, -0.05) is 0 Å². The fraction of sp³-hybridized carbons (Fsp3) is 0.317. The maximum Gasteiger partial charge on any atom is -1.00 e. The summed E-state index contributed by atoms with van der Waals surface area (Å²) in [6.07, 6.45) is 1.22. The van der Waals surface area contributed by atoms with Gasteiger partial charge in [0.15, 0.2) is 0 Å². The van der Waals surface area contributed by atoms with Gasteiger partial charge in [0, 0.05) is 0 Å². The molecule has 0 saturated carbocycles. The quantitative estimate of drug-likeness (QED) is 0.126. The smallest absolute Gasteiger partial charge is 1.00 e. The van der Waals surface area contributed by atoms with Gasteiger partial charge in [0.1, 0.15) is 0 Å². The molecule has 0 nitrogen and oxygen atoms in total. The Morgan fingerprint density at radius 3 is 1.24 bits per heavy atom. The first-order chi connectivity index (χ1) is 23.0. The summed E-state index contributed by atoms with van der Waals surface area (Å²) in [5, 5.41) is 0. The van der Waals surface area contributed by atoms with Gasteiger partial charge in [0.05, 0.1) is 0 Å². The fourth-order valence-corrected chi connectivity index (χ4v) is 31.6. The van der Waals surface area contributed by atoms with Crippen molar-refractivity contribution in [2.45, 2.75) is 74.0 Å². The van der Waals surface area contributed by atoms with Crippen molar-refractivity contribution in [1.82, 2.24) is 0 Å². The Labute approximate surface area is 307 Å². The summed E-state index contributed by atoms with van der Waals surface area (Å²) in [4.78, 5) is 0. The van der Waals surface area contributed by atoms with E-state index in [9.17, 15) is 26.3 Å². The molecule has 1 saturated heterocycles. The molecule has 2 aliphatic carbocycles. The maximum atomic E-state index is 13.4. The van der Waals surface area contributed by atoms with Crippen molar-refractivity contribution in [3.05, 3.63) is 129 Å². The molecule has 2 atom stereocenters. The third kappa shape index (κ3) is 6.72. The van der Waals surface area contributed by atoms with Crippen LogP contribution in [0.4, 0.5) is 26.3 Å². The molecular weight excluding hydrogens is 856 g/mol. The zero-order valence-electron chi connectivity index (χ0n) is 27.9. The van der Waals surface area contributed by atoms with Gasteiger partial charge in [-0.25, -0.2) is 0 Å². The molecule has 1 aliphatic heterocycles. The van der Waals surface area contributed by atoms with E-state index in [1.807, 2.05) is 12.1 Å². The molecule has 1 fully saturated rings. The van der Waals surface area contributed by atoms with Crippen molar-refractivity contribution < 1.29 is 71.1 Å². The van der Waals surface area contributed by atoms with Gasteiger partial charge < -0.3 is 24.8 Å². The summed E-state index contributed by atoms with van der Waals surface area (Å²) >= 11 is -3.36. The predicted octanol–water partition coefficient (Wildman–Crippen LogP) is 7.64. The van der Waals surface area contributed by atoms with E-state index < -0.39 is 43.4 Å². The monoisotopic (exact) mass is 894 g/mol. The standard InChI is InChI=1S/2C19H16F3.C3H6.2ClH.Hf/c2*1-2-4-13-11-15-5-3-6-17(18(15)12-13)14-7-9-16(10-8-14)19(20,21)22;1-3-2;;;/h2*3,5-12H,2,4H2,1H3;1-3H2;2*1H;/q;;;;;+2/p-2. The summed E-state index contributed by atoms with van der Waals surface area (Å²) in [6, 6.07) is 23.9. The molecule has 7 rings (SSSR count). The molecule has 4 aromatic rings. The van der Waals surface area contributed by atoms with Gasteiger partial charge in [-0.3, -0.25) is 0 Å². The second kappa shape index (κ2) is 14.8. The Bertz CT molecular complexity index is 1770. The Morgan fingerprint density at radius 1 is 0.560 bits per heavy atom. The number of hydrogen-bond acceptors (Lipinski definition) is 0. The summed E-state index contributed by atoms with van der Waals surface area (Å²) in [7, 11) is 0. The average molecular weight is 894 g/mol. The molecule has 4 aromatic carbocycles. The number of fused-ring (bicyclic) bond motifs is 2. The van der Waals surface area contributed by atoms with Crippen molar-refractivity contribution >= 4 is 12.2 Å². The van der Waals surface area contributed by atoms with E-state index in [4.69, 9.17) is 0 Å². The molecule has 0 spiro atoms. The molecule has 0 N–H and O–H groups in total. The third-order valence-electron chi connectivity index (χ3n) is 10.9. The Kier molecular flexibility index (Phi) is 11.4. The van der Waals surface area contributed by atoms with E-state index in [0.717, 1.165) is 59.1 Å². The maximum absolute atomic E-state index is 13.4. The molecule has 0 aromatic heterocycles. The van der Waals surface area contributed by atoms with Crippen LogP contribution >= 0.6 is 0 Å². The largest absolute Gasteiger partial charge is 1.00 e. The predicted molar refractivity (Wildman–Crippen MR) is 179 cm³/mol. The summed E-state index contributed by atoms with van der Waals surface area (Å²) in [5.74, 6) is 0. The number of hydrogen-bond donors (Lipinski definition) is 0. The Balaban J connectivity index is 0.00000243. The molecule has 262 valence electrons. The fourth-order valence-electron chi connectivity index (χ4n) is 8.81. The van der Waals surface area contributed by atoms with Crippen LogP contribution in [0, 0.1) is 0 Å². The molecule has 0 amide bonds. The normalized spacial score (nSPS) is 18.3. The van der Waals surface area contributed by atoms with Crippen LogP contribution in [0.5, 0.6) is 0 Å². The number of benzene rings is 4. The zero-order valence-corrected chi connectivity index (χ0v) is 33.0. The van der Waals surface area contributed by atoms with E-state index in [2.05, 4.69) is 50.3 Å². The number of alkyl halides is 6. The minimum atomic E-state index is -4.38. The van der Waals surface area contributed by atoms with Crippen LogP contribution < -0.4 is 24.8 Å². The summed E-state index contributed by atoms with van der Waals surface area (Å²) < 4.78 is 83.6. The van der Waals surface area contributed by atoms with Crippen molar-refractivity contribution in [3.8, 4) is 22.3 Å². The molecular formula is C41H38Cl2F6Hf. The van der Waals surface area contributed by atoms with Crippen molar-refractivity contribution in [1.29, 1.82) is 0 Å². The van der Waals surface area contributed by atoms with Crippen LogP contribution in [0.2, 0.25) is 8.35 Å². The van der Waals surface area contributed by atoms with E-state index in [-0.39, 0.29) is 24.8 Å². The molecule has 0 bridgehead atoms. The van der Waals surface area contributed by atoms with E-state index in [1.165, 1.54) is 61.3 Å². The molecule has 50 heavy (non-hydrogen) atoms. The molecule has 0 radical (unpaired) electrons. The van der Waals surface area contributed by atoms with Gasteiger partial charge in [0.2, 0.25) is 0 Å². The minimum Gasteiger partial charge on any atom is -1.00 e. The second-order valence-electron chi connectivity index (χ2n) is 13.7. The number of rotatable bonds is 8. The zero-order chi connectivity index (χ0) is 33.8. The second-order valence-corrected chi connectivity index (χ2v) is 30.3. The van der Waals surface area contributed by atoms with E-state index in [1.54, 1.807) is 24.3 Å².